The lowest BCUT2D eigenvalue weighted by Crippen LogP contribution is -2.23. The number of thioether (sulfide) groups is 1. The monoisotopic (exact) mass is 492 g/mol. The van der Waals surface area contributed by atoms with Crippen LogP contribution in [0.25, 0.3) is 16.6 Å². The zero-order chi connectivity index (χ0) is 23.0. The maximum absolute atomic E-state index is 14.6. The number of carbonyl (C=O) groups is 1. The zero-order valence-electron chi connectivity index (χ0n) is 16.8. The van der Waals surface area contributed by atoms with Gasteiger partial charge in [-0.3, -0.25) is 19.1 Å². The van der Waals surface area contributed by atoms with Crippen LogP contribution in [0.1, 0.15) is 12.6 Å². The van der Waals surface area contributed by atoms with Crippen molar-refractivity contribution in [2.24, 2.45) is 0 Å². The van der Waals surface area contributed by atoms with Gasteiger partial charge in [-0.25, -0.2) is 18.7 Å². The van der Waals surface area contributed by atoms with E-state index in [4.69, 9.17) is 11.6 Å². The van der Waals surface area contributed by atoms with Gasteiger partial charge < -0.3 is 0 Å². The minimum atomic E-state index is -0.892. The molecule has 0 radical (unpaired) electrons. The summed E-state index contributed by atoms with van der Waals surface area (Å²) >= 11 is 8.51. The Morgan fingerprint density at radius 1 is 1.22 bits per heavy atom. The molecule has 0 atom stereocenters. The molecular formula is C21H15ClF2N4O2S2. The molecule has 2 aromatic heterocycles. The standard InChI is InChI=1S/C21H15ClF2N4O2S2/c1-11(29)27(2)20-25-14(9-31-20)10-32-21-26-17-5-3-12(22)7-15(17)19(30)28(21)18-6-4-13(23)8-16(18)24/h3-9H,10H2,1-2H3. The molecule has 0 saturated carbocycles. The fourth-order valence-electron chi connectivity index (χ4n) is 2.90. The van der Waals surface area contributed by atoms with E-state index in [2.05, 4.69) is 9.97 Å². The van der Waals surface area contributed by atoms with E-state index < -0.39 is 17.2 Å². The van der Waals surface area contributed by atoms with Gasteiger partial charge in [0.25, 0.3) is 5.56 Å². The molecule has 0 N–H and O–H groups in total. The van der Waals surface area contributed by atoms with Crippen LogP contribution in [0.3, 0.4) is 0 Å². The van der Waals surface area contributed by atoms with Gasteiger partial charge in [-0.2, -0.15) is 0 Å². The Morgan fingerprint density at radius 2 is 2.00 bits per heavy atom. The second-order valence-corrected chi connectivity index (χ2v) is 9.00. The first kappa shape index (κ1) is 22.4. The van der Waals surface area contributed by atoms with Crippen molar-refractivity contribution in [2.45, 2.75) is 17.8 Å². The molecule has 4 rings (SSSR count). The lowest BCUT2D eigenvalue weighted by Gasteiger charge is -2.14. The second kappa shape index (κ2) is 8.97. The Hall–Kier alpha value is -2.82. The Balaban J connectivity index is 1.79. The number of hydrogen-bond donors (Lipinski definition) is 0. The molecular weight excluding hydrogens is 478 g/mol. The van der Waals surface area contributed by atoms with Gasteiger partial charge in [-0.1, -0.05) is 23.4 Å². The number of amides is 1. The van der Waals surface area contributed by atoms with Crippen LogP contribution in [0.4, 0.5) is 13.9 Å². The van der Waals surface area contributed by atoms with Crippen LogP contribution < -0.4 is 10.5 Å². The first-order chi connectivity index (χ1) is 15.2. The largest absolute Gasteiger partial charge is 0.292 e. The van der Waals surface area contributed by atoms with Crippen LogP contribution in [-0.2, 0) is 10.5 Å². The van der Waals surface area contributed by atoms with Crippen molar-refractivity contribution in [3.63, 3.8) is 0 Å². The van der Waals surface area contributed by atoms with E-state index in [1.54, 1.807) is 24.6 Å². The molecule has 164 valence electrons. The normalized spacial score (nSPS) is 11.2. The van der Waals surface area contributed by atoms with Crippen LogP contribution in [-0.4, -0.2) is 27.5 Å². The molecule has 32 heavy (non-hydrogen) atoms. The van der Waals surface area contributed by atoms with Crippen molar-refractivity contribution < 1.29 is 13.6 Å². The van der Waals surface area contributed by atoms with E-state index in [1.165, 1.54) is 47.1 Å². The average Bonchev–Trinajstić information content (AvgIpc) is 3.22. The molecule has 0 aliphatic rings. The summed E-state index contributed by atoms with van der Waals surface area (Å²) in [6.45, 7) is 1.44. The lowest BCUT2D eigenvalue weighted by molar-refractivity contribution is -0.116. The van der Waals surface area contributed by atoms with Crippen LogP contribution in [0.15, 0.2) is 51.7 Å². The van der Waals surface area contributed by atoms with E-state index in [9.17, 15) is 18.4 Å². The molecule has 2 aromatic carbocycles. The molecule has 4 aromatic rings. The fraction of sp³-hybridized carbons (Fsp3) is 0.143. The van der Waals surface area contributed by atoms with Gasteiger partial charge in [0.2, 0.25) is 5.91 Å². The zero-order valence-corrected chi connectivity index (χ0v) is 19.2. The highest BCUT2D eigenvalue weighted by molar-refractivity contribution is 7.98. The fourth-order valence-corrected chi connectivity index (χ4v) is 4.91. The van der Waals surface area contributed by atoms with Gasteiger partial charge in [-0.15, -0.1) is 11.3 Å². The molecule has 0 aliphatic carbocycles. The lowest BCUT2D eigenvalue weighted by atomic mass is 10.2. The molecule has 11 heteroatoms. The third-order valence-corrected chi connectivity index (χ3v) is 6.77. The summed E-state index contributed by atoms with van der Waals surface area (Å²) < 4.78 is 29.2. The van der Waals surface area contributed by atoms with Crippen molar-refractivity contribution in [2.75, 3.05) is 11.9 Å². The molecule has 2 heterocycles. The van der Waals surface area contributed by atoms with Crippen LogP contribution in [0.5, 0.6) is 0 Å². The average molecular weight is 493 g/mol. The van der Waals surface area contributed by atoms with Crippen LogP contribution in [0, 0.1) is 11.6 Å². The smallest absolute Gasteiger partial charge is 0.266 e. The third-order valence-electron chi connectivity index (χ3n) is 4.60. The number of nitrogens with zero attached hydrogens (tertiary/aromatic N) is 4. The Kier molecular flexibility index (Phi) is 6.27. The maximum atomic E-state index is 14.6. The second-order valence-electron chi connectivity index (χ2n) is 6.78. The number of aromatic nitrogens is 3. The van der Waals surface area contributed by atoms with E-state index in [0.717, 1.165) is 10.6 Å². The topological polar surface area (TPSA) is 68.1 Å². The van der Waals surface area contributed by atoms with Crippen molar-refractivity contribution in [1.82, 2.24) is 14.5 Å². The molecule has 0 bridgehead atoms. The number of hydrogen-bond acceptors (Lipinski definition) is 6. The van der Waals surface area contributed by atoms with Gasteiger partial charge in [0.05, 0.1) is 22.3 Å². The minimum absolute atomic E-state index is 0.122. The maximum Gasteiger partial charge on any atom is 0.266 e. The number of rotatable bonds is 5. The van der Waals surface area contributed by atoms with E-state index in [-0.39, 0.29) is 22.1 Å². The summed E-state index contributed by atoms with van der Waals surface area (Å²) in [4.78, 5) is 35.2. The molecule has 0 aliphatic heterocycles. The van der Waals surface area contributed by atoms with Crippen LogP contribution in [0.2, 0.25) is 5.02 Å². The number of benzene rings is 2. The van der Waals surface area contributed by atoms with E-state index >= 15 is 0 Å². The van der Waals surface area contributed by atoms with Gasteiger partial charge in [0.15, 0.2) is 10.3 Å². The van der Waals surface area contributed by atoms with E-state index in [0.29, 0.717) is 33.2 Å². The Labute approximate surface area is 194 Å². The summed E-state index contributed by atoms with van der Waals surface area (Å²) in [5.41, 5.74) is 0.417. The highest BCUT2D eigenvalue weighted by Gasteiger charge is 2.18. The third kappa shape index (κ3) is 4.38. The number of halogens is 3. The van der Waals surface area contributed by atoms with Crippen molar-refractivity contribution in [3.05, 3.63) is 74.5 Å². The molecule has 0 fully saturated rings. The number of anilines is 1. The summed E-state index contributed by atoms with van der Waals surface area (Å²) in [6.07, 6.45) is 0. The van der Waals surface area contributed by atoms with Crippen molar-refractivity contribution in [1.29, 1.82) is 0 Å². The number of fused-ring (bicyclic) bond motifs is 1. The van der Waals surface area contributed by atoms with Crippen LogP contribution >= 0.6 is 34.7 Å². The van der Waals surface area contributed by atoms with Gasteiger partial charge in [0.1, 0.15) is 11.6 Å². The summed E-state index contributed by atoms with van der Waals surface area (Å²) in [7, 11) is 1.63. The van der Waals surface area contributed by atoms with Gasteiger partial charge >= 0.3 is 0 Å². The van der Waals surface area contributed by atoms with Gasteiger partial charge in [0, 0.05) is 36.2 Å². The molecule has 0 unspecified atom stereocenters. The molecule has 1 amide bonds. The summed E-state index contributed by atoms with van der Waals surface area (Å²) in [5, 5.41) is 3.10. The quantitative estimate of drug-likeness (QED) is 0.288. The Bertz CT molecular complexity index is 1410. The predicted octanol–water partition coefficient (Wildman–Crippen LogP) is 5.05. The molecule has 0 spiro atoms. The highest BCUT2D eigenvalue weighted by Crippen LogP contribution is 2.28. The summed E-state index contributed by atoms with van der Waals surface area (Å²) in [5.74, 6) is -1.48. The van der Waals surface area contributed by atoms with Crippen molar-refractivity contribution in [3.8, 4) is 5.69 Å². The number of thiazole rings is 1. The van der Waals surface area contributed by atoms with Crippen molar-refractivity contribution >= 4 is 56.6 Å². The Morgan fingerprint density at radius 3 is 2.72 bits per heavy atom. The first-order valence-electron chi connectivity index (χ1n) is 9.24. The summed E-state index contributed by atoms with van der Waals surface area (Å²) in [6, 6.07) is 7.66. The molecule has 6 nitrogen and oxygen atoms in total. The molecule has 0 saturated heterocycles. The first-order valence-corrected chi connectivity index (χ1v) is 11.5. The highest BCUT2D eigenvalue weighted by atomic mass is 35.5. The van der Waals surface area contributed by atoms with Gasteiger partial charge in [-0.05, 0) is 30.3 Å². The SMILES string of the molecule is CC(=O)N(C)c1nc(CSc2nc3ccc(Cl)cc3c(=O)n2-c2ccc(F)cc2F)cs1. The van der Waals surface area contributed by atoms with E-state index in [1.807, 2.05) is 0 Å². The number of carbonyl (C=O) groups excluding carboxylic acids is 1. The minimum Gasteiger partial charge on any atom is -0.292 e. The predicted molar refractivity (Wildman–Crippen MR) is 123 cm³/mol.